The number of nitrogens with one attached hydrogen (secondary N) is 1. The maximum absolute atomic E-state index is 12.3. The van der Waals surface area contributed by atoms with Crippen molar-refractivity contribution < 1.29 is 18.7 Å². The molecular weight excluding hydrogens is 378 g/mol. The topological polar surface area (TPSA) is 94.3 Å². The van der Waals surface area contributed by atoms with Crippen molar-refractivity contribution in [1.82, 2.24) is 10.2 Å². The summed E-state index contributed by atoms with van der Waals surface area (Å²) >= 11 is 1.18. The van der Waals surface area contributed by atoms with Gasteiger partial charge in [-0.25, -0.2) is 0 Å². The molecule has 7 nitrogen and oxygen atoms in total. The summed E-state index contributed by atoms with van der Waals surface area (Å²) in [5.41, 5.74) is 1.98. The number of hydrogen-bond donors (Lipinski definition) is 1. The summed E-state index contributed by atoms with van der Waals surface area (Å²) in [5, 5.41) is 11.0. The van der Waals surface area contributed by atoms with Crippen LogP contribution < -0.4 is 10.1 Å². The first kappa shape index (κ1) is 19.6. The second kappa shape index (κ2) is 9.18. The number of carbonyl (C=O) groups excluding carboxylic acids is 2. The lowest BCUT2D eigenvalue weighted by Crippen LogP contribution is -2.07. The SMILES string of the molecule is CCOc1ccc(-c2nnc(SCC(=O)c3ccc(NC(C)=O)cc3)o2)cc1. The van der Waals surface area contributed by atoms with Gasteiger partial charge in [0.05, 0.1) is 12.4 Å². The van der Waals surface area contributed by atoms with Crippen LogP contribution in [-0.4, -0.2) is 34.2 Å². The number of anilines is 1. The zero-order valence-electron chi connectivity index (χ0n) is 15.5. The van der Waals surface area contributed by atoms with E-state index in [1.807, 2.05) is 31.2 Å². The number of aromatic nitrogens is 2. The van der Waals surface area contributed by atoms with Gasteiger partial charge in [0, 0.05) is 23.7 Å². The lowest BCUT2D eigenvalue weighted by Gasteiger charge is -2.03. The normalized spacial score (nSPS) is 10.5. The molecule has 0 aliphatic heterocycles. The molecule has 28 heavy (non-hydrogen) atoms. The second-order valence-corrected chi connectivity index (χ2v) is 6.73. The van der Waals surface area contributed by atoms with Crippen LogP contribution in [0.15, 0.2) is 58.2 Å². The molecule has 1 aromatic heterocycles. The fraction of sp³-hybridized carbons (Fsp3) is 0.200. The number of carbonyl (C=O) groups is 2. The summed E-state index contributed by atoms with van der Waals surface area (Å²) in [7, 11) is 0. The highest BCUT2D eigenvalue weighted by atomic mass is 32.2. The van der Waals surface area contributed by atoms with E-state index in [0.29, 0.717) is 29.0 Å². The number of amides is 1. The number of nitrogens with zero attached hydrogens (tertiary/aromatic N) is 2. The molecule has 0 bridgehead atoms. The Kier molecular flexibility index (Phi) is 6.44. The van der Waals surface area contributed by atoms with Gasteiger partial charge in [-0.15, -0.1) is 10.2 Å². The summed E-state index contributed by atoms with van der Waals surface area (Å²) in [6, 6.07) is 14.1. The van der Waals surface area contributed by atoms with Crippen molar-refractivity contribution in [2.45, 2.75) is 19.1 Å². The van der Waals surface area contributed by atoms with Crippen molar-refractivity contribution in [3.8, 4) is 17.2 Å². The molecule has 8 heteroatoms. The molecule has 0 radical (unpaired) electrons. The molecule has 3 rings (SSSR count). The fourth-order valence-corrected chi connectivity index (χ4v) is 3.06. The molecule has 0 unspecified atom stereocenters. The van der Waals surface area contributed by atoms with Crippen molar-refractivity contribution in [2.24, 2.45) is 0 Å². The first-order valence-corrected chi connectivity index (χ1v) is 9.64. The number of rotatable bonds is 8. The van der Waals surface area contributed by atoms with Crippen molar-refractivity contribution in [2.75, 3.05) is 17.7 Å². The molecule has 3 aromatic rings. The van der Waals surface area contributed by atoms with Crippen LogP contribution in [0.25, 0.3) is 11.5 Å². The van der Waals surface area contributed by atoms with Gasteiger partial charge in [-0.3, -0.25) is 9.59 Å². The molecule has 1 amide bonds. The van der Waals surface area contributed by atoms with Gasteiger partial charge >= 0.3 is 0 Å². The van der Waals surface area contributed by atoms with Crippen LogP contribution in [0.3, 0.4) is 0 Å². The lowest BCUT2D eigenvalue weighted by molar-refractivity contribution is -0.114. The quantitative estimate of drug-likeness (QED) is 0.452. The number of Topliss-reactive ketones (excluding diaryl/α,β-unsaturated/α-hetero) is 1. The van der Waals surface area contributed by atoms with E-state index in [2.05, 4.69) is 15.5 Å². The van der Waals surface area contributed by atoms with Crippen molar-refractivity contribution >= 4 is 29.1 Å². The highest BCUT2D eigenvalue weighted by Crippen LogP contribution is 2.25. The summed E-state index contributed by atoms with van der Waals surface area (Å²) in [4.78, 5) is 23.3. The summed E-state index contributed by atoms with van der Waals surface area (Å²) in [6.45, 7) is 3.96. The number of thioether (sulfide) groups is 1. The van der Waals surface area contributed by atoms with E-state index in [-0.39, 0.29) is 17.4 Å². The average molecular weight is 397 g/mol. The van der Waals surface area contributed by atoms with Crippen molar-refractivity contribution in [3.63, 3.8) is 0 Å². The van der Waals surface area contributed by atoms with E-state index in [1.165, 1.54) is 18.7 Å². The molecule has 0 atom stereocenters. The Morgan fingerprint density at radius 2 is 1.79 bits per heavy atom. The molecule has 0 aliphatic carbocycles. The molecule has 0 spiro atoms. The number of benzene rings is 2. The third kappa shape index (κ3) is 5.20. The Bertz CT molecular complexity index is 952. The Balaban J connectivity index is 1.57. The largest absolute Gasteiger partial charge is 0.494 e. The van der Waals surface area contributed by atoms with E-state index >= 15 is 0 Å². The first-order valence-electron chi connectivity index (χ1n) is 8.65. The van der Waals surface area contributed by atoms with Gasteiger partial charge in [0.2, 0.25) is 11.8 Å². The predicted molar refractivity (Wildman–Crippen MR) is 107 cm³/mol. The van der Waals surface area contributed by atoms with Crippen LogP contribution in [0.5, 0.6) is 5.75 Å². The van der Waals surface area contributed by atoms with Gasteiger partial charge in [0.15, 0.2) is 5.78 Å². The van der Waals surface area contributed by atoms with Crippen LogP contribution >= 0.6 is 11.8 Å². The minimum Gasteiger partial charge on any atom is -0.494 e. The van der Waals surface area contributed by atoms with E-state index < -0.39 is 0 Å². The molecule has 1 heterocycles. The van der Waals surface area contributed by atoms with Gasteiger partial charge in [0.1, 0.15) is 5.75 Å². The molecule has 2 aromatic carbocycles. The molecule has 144 valence electrons. The van der Waals surface area contributed by atoms with Gasteiger partial charge in [-0.1, -0.05) is 11.8 Å². The number of hydrogen-bond acceptors (Lipinski definition) is 7. The third-order valence-electron chi connectivity index (χ3n) is 3.67. The minimum atomic E-state index is -0.158. The predicted octanol–water partition coefficient (Wildman–Crippen LogP) is 4.07. The summed E-state index contributed by atoms with van der Waals surface area (Å²) in [6.07, 6.45) is 0. The van der Waals surface area contributed by atoms with E-state index in [0.717, 1.165) is 11.3 Å². The Labute approximate surface area is 166 Å². The summed E-state index contributed by atoms with van der Waals surface area (Å²) in [5.74, 6) is 1.10. The maximum Gasteiger partial charge on any atom is 0.277 e. The maximum atomic E-state index is 12.3. The molecular formula is C20H19N3O4S. The first-order chi connectivity index (χ1) is 13.5. The minimum absolute atomic E-state index is 0.0693. The third-order valence-corrected chi connectivity index (χ3v) is 4.49. The van der Waals surface area contributed by atoms with Crippen LogP contribution in [0.1, 0.15) is 24.2 Å². The zero-order chi connectivity index (χ0) is 19.9. The standard InChI is InChI=1S/C20H19N3O4S/c1-3-26-17-10-6-15(7-11-17)19-22-23-20(27-19)28-12-18(25)14-4-8-16(9-5-14)21-13(2)24/h4-11H,3,12H2,1-2H3,(H,21,24). The highest BCUT2D eigenvalue weighted by molar-refractivity contribution is 7.99. The van der Waals surface area contributed by atoms with E-state index in [9.17, 15) is 9.59 Å². The van der Waals surface area contributed by atoms with Crippen molar-refractivity contribution in [1.29, 1.82) is 0 Å². The molecule has 0 fully saturated rings. The molecule has 0 aliphatic rings. The summed E-state index contributed by atoms with van der Waals surface area (Å²) < 4.78 is 11.0. The second-order valence-electron chi connectivity index (χ2n) is 5.80. The van der Waals surface area contributed by atoms with Crippen LogP contribution in [0.2, 0.25) is 0 Å². The average Bonchev–Trinajstić information content (AvgIpc) is 3.16. The Hall–Kier alpha value is -3.13. The number of ketones is 1. The lowest BCUT2D eigenvalue weighted by atomic mass is 10.1. The number of ether oxygens (including phenoxy) is 1. The molecule has 0 saturated carbocycles. The van der Waals surface area contributed by atoms with Crippen LogP contribution in [0.4, 0.5) is 5.69 Å². The van der Waals surface area contributed by atoms with Crippen molar-refractivity contribution in [3.05, 3.63) is 54.1 Å². The van der Waals surface area contributed by atoms with E-state index in [4.69, 9.17) is 9.15 Å². The van der Waals surface area contributed by atoms with E-state index in [1.54, 1.807) is 24.3 Å². The smallest absolute Gasteiger partial charge is 0.277 e. The monoisotopic (exact) mass is 397 g/mol. The zero-order valence-corrected chi connectivity index (χ0v) is 16.3. The van der Waals surface area contributed by atoms with Crippen LogP contribution in [-0.2, 0) is 4.79 Å². The van der Waals surface area contributed by atoms with Gasteiger partial charge in [-0.2, -0.15) is 0 Å². The van der Waals surface area contributed by atoms with Gasteiger partial charge < -0.3 is 14.5 Å². The fourth-order valence-electron chi connectivity index (χ4n) is 2.40. The van der Waals surface area contributed by atoms with Crippen LogP contribution in [0, 0.1) is 0 Å². The Morgan fingerprint density at radius 1 is 1.07 bits per heavy atom. The highest BCUT2D eigenvalue weighted by Gasteiger charge is 2.13. The molecule has 0 saturated heterocycles. The Morgan fingerprint density at radius 3 is 2.43 bits per heavy atom. The molecule has 1 N–H and O–H groups in total. The van der Waals surface area contributed by atoms with Gasteiger partial charge in [-0.05, 0) is 55.5 Å². The van der Waals surface area contributed by atoms with Gasteiger partial charge in [0.25, 0.3) is 5.22 Å².